The van der Waals surface area contributed by atoms with Gasteiger partial charge in [0.05, 0.1) is 0 Å². The van der Waals surface area contributed by atoms with E-state index in [0.717, 1.165) is 25.1 Å². The Balaban J connectivity index is 2.16. The van der Waals surface area contributed by atoms with Gasteiger partial charge in [0.1, 0.15) is 11.7 Å². The quantitative estimate of drug-likeness (QED) is 0.636. The minimum atomic E-state index is -0.315. The van der Waals surface area contributed by atoms with Gasteiger partial charge in [-0.3, -0.25) is 10.3 Å². The van der Waals surface area contributed by atoms with Crippen LogP contribution in [0.4, 0.5) is 4.39 Å². The molecule has 1 aliphatic rings. The molecule has 0 aliphatic carbocycles. The fourth-order valence-electron chi connectivity index (χ4n) is 2.70. The Hall–Kier alpha value is -1.42. The Morgan fingerprint density at radius 2 is 2.28 bits per heavy atom. The van der Waals surface area contributed by atoms with Gasteiger partial charge in [0.2, 0.25) is 0 Å². The van der Waals surface area contributed by atoms with E-state index in [1.54, 1.807) is 0 Å². The molecule has 1 atom stereocenters. The summed E-state index contributed by atoms with van der Waals surface area (Å²) in [5.41, 5.74) is 6.79. The molecule has 98 valence electrons. The molecular weight excluding hydrogens is 229 g/mol. The number of nitrogens with two attached hydrogens (primary N) is 1. The summed E-state index contributed by atoms with van der Waals surface area (Å²) in [7, 11) is 0. The molecule has 3 N–H and O–H groups in total. The standard InChI is InChI=1S/C14H20FN3/c1-2-13-4-3-5-18(13)9-10-6-11(14(16)17)8-12(15)7-10/h6-8,13H,2-5,9H2,1H3,(H3,16,17). The largest absolute Gasteiger partial charge is 0.384 e. The van der Waals surface area contributed by atoms with Gasteiger partial charge in [0.15, 0.2) is 0 Å². The molecule has 1 heterocycles. The molecule has 1 aromatic rings. The predicted molar refractivity (Wildman–Crippen MR) is 71.1 cm³/mol. The number of amidine groups is 1. The average Bonchev–Trinajstić information content (AvgIpc) is 2.75. The molecule has 0 aromatic heterocycles. The summed E-state index contributed by atoms with van der Waals surface area (Å²) in [5, 5.41) is 7.39. The monoisotopic (exact) mass is 249 g/mol. The van der Waals surface area contributed by atoms with Gasteiger partial charge in [-0.1, -0.05) is 6.92 Å². The number of halogens is 1. The third-order valence-electron chi connectivity index (χ3n) is 3.62. The van der Waals surface area contributed by atoms with Gasteiger partial charge in [0, 0.05) is 18.2 Å². The predicted octanol–water partition coefficient (Wildman–Crippen LogP) is 2.48. The highest BCUT2D eigenvalue weighted by molar-refractivity contribution is 5.95. The van der Waals surface area contributed by atoms with E-state index in [0.29, 0.717) is 11.6 Å². The Morgan fingerprint density at radius 3 is 2.94 bits per heavy atom. The first-order chi connectivity index (χ1) is 8.60. The van der Waals surface area contributed by atoms with Gasteiger partial charge < -0.3 is 5.73 Å². The van der Waals surface area contributed by atoms with Gasteiger partial charge in [-0.25, -0.2) is 4.39 Å². The molecule has 1 saturated heterocycles. The molecule has 0 amide bonds. The molecule has 0 saturated carbocycles. The maximum atomic E-state index is 13.5. The summed E-state index contributed by atoms with van der Waals surface area (Å²) in [6.07, 6.45) is 3.58. The van der Waals surface area contributed by atoms with Crippen LogP contribution in [0.1, 0.15) is 37.3 Å². The van der Waals surface area contributed by atoms with E-state index in [1.165, 1.54) is 25.0 Å². The van der Waals surface area contributed by atoms with Crippen molar-refractivity contribution >= 4 is 5.84 Å². The van der Waals surface area contributed by atoms with Crippen LogP contribution in [-0.2, 0) is 6.54 Å². The summed E-state index contributed by atoms with van der Waals surface area (Å²) < 4.78 is 13.5. The normalized spacial score (nSPS) is 20.2. The molecule has 3 nitrogen and oxygen atoms in total. The average molecular weight is 249 g/mol. The highest BCUT2D eigenvalue weighted by Gasteiger charge is 2.22. The molecule has 2 rings (SSSR count). The molecule has 1 aliphatic heterocycles. The van der Waals surface area contributed by atoms with Gasteiger partial charge in [-0.2, -0.15) is 0 Å². The van der Waals surface area contributed by atoms with Crippen LogP contribution in [0.5, 0.6) is 0 Å². The molecule has 4 heteroatoms. The number of nitrogens with zero attached hydrogens (tertiary/aromatic N) is 1. The van der Waals surface area contributed by atoms with E-state index in [4.69, 9.17) is 11.1 Å². The Bertz CT molecular complexity index is 445. The van der Waals surface area contributed by atoms with E-state index in [1.807, 2.05) is 6.07 Å². The maximum absolute atomic E-state index is 13.5. The third kappa shape index (κ3) is 2.88. The first-order valence-electron chi connectivity index (χ1n) is 6.48. The van der Waals surface area contributed by atoms with Crippen LogP contribution in [0.15, 0.2) is 18.2 Å². The smallest absolute Gasteiger partial charge is 0.124 e. The Kier molecular flexibility index (Phi) is 3.97. The van der Waals surface area contributed by atoms with Crippen molar-refractivity contribution in [2.24, 2.45) is 5.73 Å². The van der Waals surface area contributed by atoms with E-state index in [9.17, 15) is 4.39 Å². The lowest BCUT2D eigenvalue weighted by molar-refractivity contribution is 0.240. The molecule has 0 spiro atoms. The summed E-state index contributed by atoms with van der Waals surface area (Å²) in [5.74, 6) is -0.394. The van der Waals surface area contributed by atoms with E-state index >= 15 is 0 Å². The fraction of sp³-hybridized carbons (Fsp3) is 0.500. The van der Waals surface area contributed by atoms with Crippen LogP contribution >= 0.6 is 0 Å². The lowest BCUT2D eigenvalue weighted by Crippen LogP contribution is -2.28. The zero-order valence-electron chi connectivity index (χ0n) is 10.7. The maximum Gasteiger partial charge on any atom is 0.124 e. The number of nitrogens with one attached hydrogen (secondary N) is 1. The number of hydrogen-bond acceptors (Lipinski definition) is 2. The van der Waals surface area contributed by atoms with E-state index in [2.05, 4.69) is 11.8 Å². The number of benzene rings is 1. The van der Waals surface area contributed by atoms with Crippen LogP contribution in [0.3, 0.4) is 0 Å². The zero-order chi connectivity index (χ0) is 13.1. The lowest BCUT2D eigenvalue weighted by atomic mass is 10.1. The first kappa shape index (κ1) is 13.0. The molecule has 18 heavy (non-hydrogen) atoms. The van der Waals surface area contributed by atoms with E-state index in [-0.39, 0.29) is 11.7 Å². The molecular formula is C14H20FN3. The second kappa shape index (κ2) is 5.48. The minimum Gasteiger partial charge on any atom is -0.384 e. The van der Waals surface area contributed by atoms with Crippen LogP contribution < -0.4 is 5.73 Å². The Morgan fingerprint density at radius 1 is 1.50 bits per heavy atom. The van der Waals surface area contributed by atoms with Crippen molar-refractivity contribution in [2.45, 2.75) is 38.8 Å². The number of hydrogen-bond donors (Lipinski definition) is 2. The summed E-state index contributed by atoms with van der Waals surface area (Å²) in [4.78, 5) is 2.39. The molecule has 1 unspecified atom stereocenters. The zero-order valence-corrected chi connectivity index (χ0v) is 10.7. The first-order valence-corrected chi connectivity index (χ1v) is 6.48. The van der Waals surface area contributed by atoms with E-state index < -0.39 is 0 Å². The van der Waals surface area contributed by atoms with Crippen LogP contribution in [0.25, 0.3) is 0 Å². The number of rotatable bonds is 4. The Labute approximate surface area is 107 Å². The lowest BCUT2D eigenvalue weighted by Gasteiger charge is -2.23. The van der Waals surface area contributed by atoms with Crippen molar-refractivity contribution < 1.29 is 4.39 Å². The van der Waals surface area contributed by atoms with Crippen LogP contribution in [0.2, 0.25) is 0 Å². The fourth-order valence-corrected chi connectivity index (χ4v) is 2.70. The molecule has 0 radical (unpaired) electrons. The summed E-state index contributed by atoms with van der Waals surface area (Å²) in [6.45, 7) is 4.01. The van der Waals surface area contributed by atoms with Crippen molar-refractivity contribution in [1.82, 2.24) is 4.90 Å². The van der Waals surface area contributed by atoms with Crippen molar-refractivity contribution in [1.29, 1.82) is 5.41 Å². The second-order valence-corrected chi connectivity index (χ2v) is 4.94. The third-order valence-corrected chi connectivity index (χ3v) is 3.62. The number of likely N-dealkylation sites (tertiary alicyclic amines) is 1. The minimum absolute atomic E-state index is 0.0794. The van der Waals surface area contributed by atoms with Crippen LogP contribution in [0, 0.1) is 11.2 Å². The summed E-state index contributed by atoms with van der Waals surface area (Å²) in [6, 6.07) is 5.27. The molecule has 1 fully saturated rings. The molecule has 1 aromatic carbocycles. The topological polar surface area (TPSA) is 53.1 Å². The van der Waals surface area contributed by atoms with Gasteiger partial charge in [-0.15, -0.1) is 0 Å². The van der Waals surface area contributed by atoms with Crippen molar-refractivity contribution in [3.05, 3.63) is 35.1 Å². The number of nitrogen functional groups attached to an aromatic ring is 1. The summed E-state index contributed by atoms with van der Waals surface area (Å²) >= 11 is 0. The van der Waals surface area contributed by atoms with Crippen molar-refractivity contribution in [3.8, 4) is 0 Å². The van der Waals surface area contributed by atoms with Gasteiger partial charge in [0.25, 0.3) is 0 Å². The van der Waals surface area contributed by atoms with Gasteiger partial charge >= 0.3 is 0 Å². The van der Waals surface area contributed by atoms with Crippen LogP contribution in [-0.4, -0.2) is 23.3 Å². The van der Waals surface area contributed by atoms with Crippen molar-refractivity contribution in [2.75, 3.05) is 6.54 Å². The van der Waals surface area contributed by atoms with Gasteiger partial charge in [-0.05, 0) is 49.6 Å². The second-order valence-electron chi connectivity index (χ2n) is 4.94. The highest BCUT2D eigenvalue weighted by Crippen LogP contribution is 2.22. The highest BCUT2D eigenvalue weighted by atomic mass is 19.1. The molecule has 0 bridgehead atoms. The SMILES string of the molecule is CCC1CCCN1Cc1cc(F)cc(C(=N)N)c1. The van der Waals surface area contributed by atoms with Crippen molar-refractivity contribution in [3.63, 3.8) is 0 Å².